The molecule has 0 aromatic heterocycles. The summed E-state index contributed by atoms with van der Waals surface area (Å²) < 4.78 is 23.0. The Labute approximate surface area is 97.6 Å². The van der Waals surface area contributed by atoms with Crippen molar-refractivity contribution >= 4 is 9.84 Å². The van der Waals surface area contributed by atoms with E-state index in [9.17, 15) is 13.5 Å². The molecule has 1 N–H and O–H groups in total. The van der Waals surface area contributed by atoms with Gasteiger partial charge in [0.25, 0.3) is 0 Å². The van der Waals surface area contributed by atoms with Gasteiger partial charge >= 0.3 is 0 Å². The van der Waals surface area contributed by atoms with Crippen molar-refractivity contribution in [3.8, 4) is 0 Å². The Morgan fingerprint density at radius 2 is 2.00 bits per heavy atom. The summed E-state index contributed by atoms with van der Waals surface area (Å²) in [5.41, 5.74) is -0.289. The van der Waals surface area contributed by atoms with Crippen molar-refractivity contribution in [3.05, 3.63) is 0 Å². The van der Waals surface area contributed by atoms with Gasteiger partial charge in [0.15, 0.2) is 9.84 Å². The lowest BCUT2D eigenvalue weighted by Gasteiger charge is -2.48. The maximum atomic E-state index is 11.5. The van der Waals surface area contributed by atoms with E-state index in [2.05, 4.69) is 4.90 Å². The van der Waals surface area contributed by atoms with Crippen LogP contribution in [0.2, 0.25) is 0 Å². The highest BCUT2D eigenvalue weighted by atomic mass is 32.2. The summed E-state index contributed by atoms with van der Waals surface area (Å²) in [4.78, 5) is 2.20. The first-order chi connectivity index (χ1) is 7.33. The van der Waals surface area contributed by atoms with Crippen LogP contribution in [-0.2, 0) is 9.84 Å². The maximum Gasteiger partial charge on any atom is 0.151 e. The van der Waals surface area contributed by atoms with Crippen molar-refractivity contribution in [2.45, 2.75) is 50.8 Å². The van der Waals surface area contributed by atoms with Gasteiger partial charge in [0.1, 0.15) is 0 Å². The van der Waals surface area contributed by atoms with Gasteiger partial charge in [-0.3, -0.25) is 4.90 Å². The average Bonchev–Trinajstić information content (AvgIpc) is 2.51. The molecule has 0 spiro atoms. The van der Waals surface area contributed by atoms with Crippen LogP contribution in [0.3, 0.4) is 0 Å². The zero-order valence-electron chi connectivity index (χ0n) is 10.0. The van der Waals surface area contributed by atoms with Crippen LogP contribution >= 0.6 is 0 Å². The summed E-state index contributed by atoms with van der Waals surface area (Å²) in [6.45, 7) is 4.94. The summed E-state index contributed by atoms with van der Waals surface area (Å²) >= 11 is 0. The Bertz CT molecular complexity index is 363. The summed E-state index contributed by atoms with van der Waals surface area (Å²) in [7, 11) is -2.84. The van der Waals surface area contributed by atoms with Crippen molar-refractivity contribution in [1.82, 2.24) is 4.90 Å². The smallest absolute Gasteiger partial charge is 0.151 e. The molecule has 16 heavy (non-hydrogen) atoms. The normalized spacial score (nSPS) is 38.7. The van der Waals surface area contributed by atoms with E-state index in [0.717, 1.165) is 25.8 Å². The predicted octanol–water partition coefficient (Wildman–Crippen LogP) is 0.409. The topological polar surface area (TPSA) is 57.6 Å². The van der Waals surface area contributed by atoms with E-state index in [1.165, 1.54) is 0 Å². The second kappa shape index (κ2) is 3.96. The van der Waals surface area contributed by atoms with E-state index in [1.807, 2.05) is 13.8 Å². The monoisotopic (exact) mass is 247 g/mol. The first kappa shape index (κ1) is 12.3. The van der Waals surface area contributed by atoms with E-state index in [-0.39, 0.29) is 23.4 Å². The highest BCUT2D eigenvalue weighted by molar-refractivity contribution is 7.91. The molecular formula is C11H21NO3S. The molecule has 0 aliphatic carbocycles. The molecule has 5 heteroatoms. The molecule has 0 aromatic rings. The fourth-order valence-electron chi connectivity index (χ4n) is 2.96. The van der Waals surface area contributed by atoms with E-state index >= 15 is 0 Å². The maximum absolute atomic E-state index is 11.5. The molecule has 4 nitrogen and oxygen atoms in total. The molecule has 2 aliphatic rings. The lowest BCUT2D eigenvalue weighted by atomic mass is 9.86. The zero-order valence-corrected chi connectivity index (χ0v) is 10.8. The minimum Gasteiger partial charge on any atom is -0.391 e. The molecule has 0 saturated carbocycles. The number of aliphatic hydroxyl groups excluding tert-OH is 1. The first-order valence-electron chi connectivity index (χ1n) is 5.98. The third-order valence-corrected chi connectivity index (χ3v) is 5.83. The third kappa shape index (κ3) is 2.13. The van der Waals surface area contributed by atoms with Crippen molar-refractivity contribution in [1.29, 1.82) is 0 Å². The first-order valence-corrected chi connectivity index (χ1v) is 7.80. The molecule has 2 unspecified atom stereocenters. The van der Waals surface area contributed by atoms with Crippen LogP contribution in [0.15, 0.2) is 0 Å². The zero-order chi connectivity index (χ0) is 12.0. The number of sulfone groups is 1. The minimum absolute atomic E-state index is 0.106. The van der Waals surface area contributed by atoms with E-state index in [0.29, 0.717) is 5.75 Å². The van der Waals surface area contributed by atoms with Crippen LogP contribution in [0.5, 0.6) is 0 Å². The highest BCUT2D eigenvalue weighted by Crippen LogP contribution is 2.33. The Morgan fingerprint density at radius 3 is 2.56 bits per heavy atom. The van der Waals surface area contributed by atoms with E-state index in [1.54, 1.807) is 0 Å². The molecule has 0 bridgehead atoms. The molecule has 2 fully saturated rings. The van der Waals surface area contributed by atoms with Gasteiger partial charge in [-0.2, -0.15) is 0 Å². The fourth-order valence-corrected chi connectivity index (χ4v) is 4.69. The Balaban J connectivity index is 2.15. The summed E-state index contributed by atoms with van der Waals surface area (Å²) in [5.74, 6) is 0.573. The van der Waals surface area contributed by atoms with Gasteiger partial charge in [-0.1, -0.05) is 0 Å². The van der Waals surface area contributed by atoms with E-state index in [4.69, 9.17) is 0 Å². The molecule has 2 atom stereocenters. The van der Waals surface area contributed by atoms with Crippen molar-refractivity contribution < 1.29 is 13.5 Å². The second-order valence-corrected chi connectivity index (χ2v) is 7.79. The van der Waals surface area contributed by atoms with Crippen molar-refractivity contribution in [3.63, 3.8) is 0 Å². The van der Waals surface area contributed by atoms with Gasteiger partial charge in [0.2, 0.25) is 0 Å². The van der Waals surface area contributed by atoms with Crippen LogP contribution in [0.1, 0.15) is 33.1 Å². The summed E-state index contributed by atoms with van der Waals surface area (Å²) in [6, 6.07) is 0.106. The molecule has 0 aromatic carbocycles. The number of piperidine rings is 1. The molecule has 2 aliphatic heterocycles. The Kier molecular flexibility index (Phi) is 3.05. The summed E-state index contributed by atoms with van der Waals surface area (Å²) in [5, 5.41) is 10.0. The highest BCUT2D eigenvalue weighted by Gasteiger charge is 2.44. The van der Waals surface area contributed by atoms with Crippen LogP contribution in [0.4, 0.5) is 0 Å². The predicted molar refractivity (Wildman–Crippen MR) is 63.1 cm³/mol. The standard InChI is InChI=1S/C11H21NO3S/c1-11(2)10(13)4-3-6-12(11)9-5-7-16(14,15)8-9/h9-10,13H,3-8H2,1-2H3. The van der Waals surface area contributed by atoms with Crippen molar-refractivity contribution in [2.75, 3.05) is 18.1 Å². The lowest BCUT2D eigenvalue weighted by molar-refractivity contribution is -0.0605. The fraction of sp³-hybridized carbons (Fsp3) is 1.00. The summed E-state index contributed by atoms with van der Waals surface area (Å²) in [6.07, 6.45) is 2.16. The number of likely N-dealkylation sites (tertiary alicyclic amines) is 1. The number of rotatable bonds is 1. The van der Waals surface area contributed by atoms with Gasteiger partial charge in [-0.25, -0.2) is 8.42 Å². The van der Waals surface area contributed by atoms with Gasteiger partial charge in [0, 0.05) is 11.6 Å². The minimum atomic E-state index is -2.84. The van der Waals surface area contributed by atoms with Crippen molar-refractivity contribution in [2.24, 2.45) is 0 Å². The molecule has 94 valence electrons. The van der Waals surface area contributed by atoms with Crippen LogP contribution in [0.25, 0.3) is 0 Å². The second-order valence-electron chi connectivity index (χ2n) is 5.56. The SMILES string of the molecule is CC1(C)C(O)CCCN1C1CCS(=O)(=O)C1. The van der Waals surface area contributed by atoms with Gasteiger partial charge in [-0.15, -0.1) is 0 Å². The Hall–Kier alpha value is -0.130. The number of aliphatic hydroxyl groups is 1. The molecule has 2 rings (SSSR count). The lowest BCUT2D eigenvalue weighted by Crippen LogP contribution is -2.59. The van der Waals surface area contributed by atoms with Gasteiger partial charge in [0.05, 0.1) is 17.6 Å². The molecule has 2 saturated heterocycles. The van der Waals surface area contributed by atoms with Gasteiger partial charge in [-0.05, 0) is 39.7 Å². The molecule has 0 amide bonds. The third-order valence-electron chi connectivity index (χ3n) is 4.08. The molecule has 0 radical (unpaired) electrons. The van der Waals surface area contributed by atoms with E-state index < -0.39 is 9.84 Å². The van der Waals surface area contributed by atoms with Crippen LogP contribution < -0.4 is 0 Å². The van der Waals surface area contributed by atoms with Gasteiger partial charge < -0.3 is 5.11 Å². The quantitative estimate of drug-likeness (QED) is 0.729. The average molecular weight is 247 g/mol. The Morgan fingerprint density at radius 1 is 1.31 bits per heavy atom. The largest absolute Gasteiger partial charge is 0.391 e. The number of hydrogen-bond acceptors (Lipinski definition) is 4. The number of hydrogen-bond donors (Lipinski definition) is 1. The van der Waals surface area contributed by atoms with Crippen LogP contribution in [-0.4, -0.2) is 54.2 Å². The molecular weight excluding hydrogens is 226 g/mol. The molecule has 2 heterocycles. The number of nitrogens with zero attached hydrogens (tertiary/aromatic N) is 1. The van der Waals surface area contributed by atoms with Crippen LogP contribution in [0, 0.1) is 0 Å².